The Labute approximate surface area is 168 Å². The molecule has 9 nitrogen and oxygen atoms in total. The van der Waals surface area contributed by atoms with Gasteiger partial charge in [0.2, 0.25) is 0 Å². The average molecular weight is 406 g/mol. The van der Waals surface area contributed by atoms with Gasteiger partial charge in [0.1, 0.15) is 24.0 Å². The van der Waals surface area contributed by atoms with E-state index >= 15 is 0 Å². The van der Waals surface area contributed by atoms with E-state index in [0.29, 0.717) is 38.1 Å². The highest BCUT2D eigenvalue weighted by Crippen LogP contribution is 2.21. The van der Waals surface area contributed by atoms with Crippen molar-refractivity contribution in [2.45, 2.75) is 50.5 Å². The van der Waals surface area contributed by atoms with Crippen molar-refractivity contribution in [3.05, 3.63) is 29.8 Å². The number of hydrogen-bond acceptors (Lipinski definition) is 7. The molecule has 0 spiro atoms. The fourth-order valence-electron chi connectivity index (χ4n) is 3.84. The number of carboxylic acid groups (broad SMARTS) is 1. The molecule has 3 rings (SSSR count). The molecular formula is C20H26N2O7. The number of esters is 1. The molecule has 2 heterocycles. The summed E-state index contributed by atoms with van der Waals surface area (Å²) in [5.74, 6) is -1.26. The van der Waals surface area contributed by atoms with Gasteiger partial charge >= 0.3 is 11.9 Å². The number of carbonyl (C=O) groups is 3. The first-order valence-corrected chi connectivity index (χ1v) is 9.68. The number of aliphatic hydroxyl groups excluding tert-OH is 1. The molecule has 0 saturated carbocycles. The van der Waals surface area contributed by atoms with Crippen LogP contribution in [0, 0.1) is 0 Å². The summed E-state index contributed by atoms with van der Waals surface area (Å²) in [7, 11) is 0. The van der Waals surface area contributed by atoms with Gasteiger partial charge in [-0.15, -0.1) is 0 Å². The van der Waals surface area contributed by atoms with E-state index in [1.54, 1.807) is 12.1 Å². The summed E-state index contributed by atoms with van der Waals surface area (Å²) in [6, 6.07) is 6.18. The van der Waals surface area contributed by atoms with Gasteiger partial charge in [-0.25, -0.2) is 4.79 Å². The van der Waals surface area contributed by atoms with Gasteiger partial charge < -0.3 is 29.9 Å². The second-order valence-electron chi connectivity index (χ2n) is 7.38. The lowest BCUT2D eigenvalue weighted by Gasteiger charge is -2.22. The third kappa shape index (κ3) is 5.24. The normalized spacial score (nSPS) is 26.3. The number of aliphatic carboxylic acids is 1. The molecule has 29 heavy (non-hydrogen) atoms. The number of β-amino-alcohol motifs (C(OH)–C–C–N with tert-alkyl or cyclic N) is 1. The number of nitrogens with zero attached hydrogens (tertiary/aromatic N) is 1. The van der Waals surface area contributed by atoms with E-state index in [9.17, 15) is 19.5 Å². The van der Waals surface area contributed by atoms with Gasteiger partial charge in [-0.1, -0.05) is 12.1 Å². The zero-order valence-corrected chi connectivity index (χ0v) is 16.2. The Morgan fingerprint density at radius 3 is 2.62 bits per heavy atom. The Morgan fingerprint density at radius 2 is 1.97 bits per heavy atom. The van der Waals surface area contributed by atoms with Crippen molar-refractivity contribution in [1.82, 2.24) is 10.2 Å². The Morgan fingerprint density at radius 1 is 1.24 bits per heavy atom. The van der Waals surface area contributed by atoms with Crippen LogP contribution in [0.4, 0.5) is 0 Å². The zero-order chi connectivity index (χ0) is 21.0. The predicted octanol–water partition coefficient (Wildman–Crippen LogP) is -0.0521. The highest BCUT2D eigenvalue weighted by atomic mass is 16.6. The Balaban J connectivity index is 1.52. The van der Waals surface area contributed by atoms with Crippen LogP contribution < -0.4 is 10.1 Å². The van der Waals surface area contributed by atoms with Crippen LogP contribution in [-0.4, -0.2) is 76.9 Å². The second-order valence-corrected chi connectivity index (χ2v) is 7.38. The largest absolute Gasteiger partial charge is 0.484 e. The van der Waals surface area contributed by atoms with Crippen LogP contribution in [-0.2, 0) is 25.5 Å². The summed E-state index contributed by atoms with van der Waals surface area (Å²) in [5, 5.41) is 22.3. The number of ether oxygens (including phenoxy) is 2. The lowest BCUT2D eigenvalue weighted by molar-refractivity contribution is -0.151. The van der Waals surface area contributed by atoms with Crippen molar-refractivity contribution in [2.24, 2.45) is 0 Å². The van der Waals surface area contributed by atoms with E-state index < -0.39 is 30.2 Å². The number of rotatable bonds is 7. The SMILES string of the molecule is CC(=O)O[C@@H]1[C@@H](O)CN[C@@H]1Cc1ccc(OCC(=O)N2CCC[C@H]2C(=O)O)cc1. The van der Waals surface area contributed by atoms with E-state index in [4.69, 9.17) is 14.6 Å². The highest BCUT2D eigenvalue weighted by Gasteiger charge is 2.37. The predicted molar refractivity (Wildman–Crippen MR) is 101 cm³/mol. The summed E-state index contributed by atoms with van der Waals surface area (Å²) >= 11 is 0. The third-order valence-corrected chi connectivity index (χ3v) is 5.27. The zero-order valence-electron chi connectivity index (χ0n) is 16.2. The molecule has 2 aliphatic heterocycles. The number of amides is 1. The van der Waals surface area contributed by atoms with Crippen LogP contribution in [0.5, 0.6) is 5.75 Å². The average Bonchev–Trinajstić information content (AvgIpc) is 3.30. The van der Waals surface area contributed by atoms with E-state index in [1.807, 2.05) is 12.1 Å². The van der Waals surface area contributed by atoms with Crippen LogP contribution in [0.3, 0.4) is 0 Å². The van der Waals surface area contributed by atoms with Gasteiger partial charge in [-0.3, -0.25) is 9.59 Å². The Hall–Kier alpha value is -2.65. The first-order valence-electron chi connectivity index (χ1n) is 9.68. The number of benzene rings is 1. The van der Waals surface area contributed by atoms with E-state index in [0.717, 1.165) is 5.56 Å². The molecule has 2 aliphatic rings. The minimum absolute atomic E-state index is 0.189. The van der Waals surface area contributed by atoms with Gasteiger partial charge in [0.05, 0.1) is 6.04 Å². The molecule has 0 unspecified atom stereocenters. The maximum Gasteiger partial charge on any atom is 0.326 e. The number of likely N-dealkylation sites (tertiary alicyclic amines) is 1. The molecule has 1 aromatic carbocycles. The molecular weight excluding hydrogens is 380 g/mol. The van der Waals surface area contributed by atoms with Gasteiger partial charge in [0.15, 0.2) is 6.61 Å². The van der Waals surface area contributed by atoms with Crippen LogP contribution in [0.15, 0.2) is 24.3 Å². The number of hydrogen-bond donors (Lipinski definition) is 3. The first kappa shape index (κ1) is 21.1. The summed E-state index contributed by atoms with van der Waals surface area (Å²) in [5.41, 5.74) is 0.956. The molecule has 9 heteroatoms. The monoisotopic (exact) mass is 406 g/mol. The molecule has 2 saturated heterocycles. The number of carbonyl (C=O) groups excluding carboxylic acids is 2. The van der Waals surface area contributed by atoms with Crippen molar-refractivity contribution < 1.29 is 34.1 Å². The lowest BCUT2D eigenvalue weighted by atomic mass is 10.0. The minimum Gasteiger partial charge on any atom is -0.484 e. The number of nitrogens with one attached hydrogen (secondary N) is 1. The van der Waals surface area contributed by atoms with Crippen LogP contribution in [0.2, 0.25) is 0 Å². The molecule has 0 radical (unpaired) electrons. The third-order valence-electron chi connectivity index (χ3n) is 5.27. The summed E-state index contributed by atoms with van der Waals surface area (Å²) < 4.78 is 10.7. The quantitative estimate of drug-likeness (QED) is 0.538. The minimum atomic E-state index is -0.988. The van der Waals surface area contributed by atoms with Crippen LogP contribution >= 0.6 is 0 Å². The Kier molecular flexibility index (Phi) is 6.71. The molecule has 158 valence electrons. The molecule has 0 bridgehead atoms. The summed E-state index contributed by atoms with van der Waals surface area (Å²) in [6.07, 6.45) is 0.368. The van der Waals surface area contributed by atoms with Crippen molar-refractivity contribution in [2.75, 3.05) is 19.7 Å². The molecule has 1 aromatic rings. The number of aliphatic hydroxyl groups is 1. The number of carboxylic acids is 1. The standard InChI is InChI=1S/C20H26N2O7/c1-12(23)29-19-15(21-10-17(19)24)9-13-4-6-14(7-5-13)28-11-18(25)22-8-2-3-16(22)20(26)27/h4-7,15-17,19,21,24H,2-3,8-11H2,1H3,(H,26,27)/t15-,16+,17+,19+/m1/s1. The Bertz CT molecular complexity index is 752. The van der Waals surface area contributed by atoms with E-state index in [1.165, 1.54) is 11.8 Å². The maximum absolute atomic E-state index is 12.2. The lowest BCUT2D eigenvalue weighted by Crippen LogP contribution is -2.42. The topological polar surface area (TPSA) is 125 Å². The van der Waals surface area contributed by atoms with Crippen molar-refractivity contribution in [3.63, 3.8) is 0 Å². The van der Waals surface area contributed by atoms with E-state index in [-0.39, 0.29) is 18.6 Å². The fraction of sp³-hybridized carbons (Fsp3) is 0.550. The molecule has 0 aromatic heterocycles. The molecule has 2 fully saturated rings. The maximum atomic E-state index is 12.2. The molecule has 1 amide bonds. The van der Waals surface area contributed by atoms with Gasteiger partial charge in [-0.2, -0.15) is 0 Å². The van der Waals surface area contributed by atoms with Gasteiger partial charge in [0.25, 0.3) is 5.91 Å². The van der Waals surface area contributed by atoms with Crippen LogP contribution in [0.25, 0.3) is 0 Å². The van der Waals surface area contributed by atoms with E-state index in [2.05, 4.69) is 5.32 Å². The summed E-state index contributed by atoms with van der Waals surface area (Å²) in [6.45, 7) is 1.89. The smallest absolute Gasteiger partial charge is 0.326 e. The van der Waals surface area contributed by atoms with Crippen molar-refractivity contribution >= 4 is 17.8 Å². The van der Waals surface area contributed by atoms with Crippen molar-refractivity contribution in [3.8, 4) is 5.75 Å². The van der Waals surface area contributed by atoms with Crippen molar-refractivity contribution in [1.29, 1.82) is 0 Å². The van der Waals surface area contributed by atoms with Crippen LogP contribution in [0.1, 0.15) is 25.3 Å². The first-order chi connectivity index (χ1) is 13.8. The highest BCUT2D eigenvalue weighted by molar-refractivity contribution is 5.85. The second kappa shape index (κ2) is 9.23. The van der Waals surface area contributed by atoms with Gasteiger partial charge in [-0.05, 0) is 37.0 Å². The molecule has 3 N–H and O–H groups in total. The summed E-state index contributed by atoms with van der Waals surface area (Å²) in [4.78, 5) is 36.0. The molecule has 4 atom stereocenters. The van der Waals surface area contributed by atoms with Gasteiger partial charge in [0, 0.05) is 20.0 Å². The fourth-order valence-corrected chi connectivity index (χ4v) is 3.84. The molecule has 0 aliphatic carbocycles.